The summed E-state index contributed by atoms with van der Waals surface area (Å²) in [5, 5.41) is 8.13. The first kappa shape index (κ1) is 19.9. The molecule has 11 heteroatoms. The SMILES string of the molecule is COc1cc(-n2cc3c(n2)CCCC3c2c(C(F)(F)F)nn(C)c2C(N)=O)ccn1. The van der Waals surface area contributed by atoms with Crippen LogP contribution in [-0.4, -0.2) is 37.6 Å². The monoisotopic (exact) mass is 420 g/mol. The van der Waals surface area contributed by atoms with E-state index in [1.165, 1.54) is 14.2 Å². The number of primary amides is 1. The molecule has 0 fully saturated rings. The van der Waals surface area contributed by atoms with Crippen LogP contribution in [0.15, 0.2) is 24.5 Å². The summed E-state index contributed by atoms with van der Waals surface area (Å²) in [4.78, 5) is 16.0. The molecule has 0 saturated carbocycles. The molecule has 0 aliphatic heterocycles. The highest BCUT2D eigenvalue weighted by Gasteiger charge is 2.43. The molecule has 0 spiro atoms. The number of carbonyl (C=O) groups is 1. The molecule has 0 radical (unpaired) electrons. The summed E-state index contributed by atoms with van der Waals surface area (Å²) in [6, 6.07) is 3.39. The number of nitrogens with zero attached hydrogens (tertiary/aromatic N) is 5. The Morgan fingerprint density at radius 1 is 1.33 bits per heavy atom. The van der Waals surface area contributed by atoms with Gasteiger partial charge in [0.2, 0.25) is 5.88 Å². The molecule has 0 bridgehead atoms. The predicted molar refractivity (Wildman–Crippen MR) is 99.4 cm³/mol. The zero-order valence-electron chi connectivity index (χ0n) is 16.3. The van der Waals surface area contributed by atoms with Crippen LogP contribution >= 0.6 is 0 Å². The number of aryl methyl sites for hydroxylation is 2. The second-order valence-electron chi connectivity index (χ2n) is 7.07. The summed E-state index contributed by atoms with van der Waals surface area (Å²) in [5.41, 5.74) is 5.86. The fourth-order valence-corrected chi connectivity index (χ4v) is 3.99. The van der Waals surface area contributed by atoms with E-state index in [1.54, 1.807) is 29.2 Å². The summed E-state index contributed by atoms with van der Waals surface area (Å²) in [5.74, 6) is -1.26. The van der Waals surface area contributed by atoms with Crippen LogP contribution in [0.5, 0.6) is 5.88 Å². The minimum atomic E-state index is -4.72. The number of fused-ring (bicyclic) bond motifs is 1. The number of aromatic nitrogens is 5. The lowest BCUT2D eigenvalue weighted by Gasteiger charge is -2.23. The Bertz CT molecular complexity index is 1120. The Morgan fingerprint density at radius 3 is 2.77 bits per heavy atom. The lowest BCUT2D eigenvalue weighted by atomic mass is 9.81. The van der Waals surface area contributed by atoms with E-state index in [2.05, 4.69) is 15.2 Å². The Balaban J connectivity index is 1.87. The molecule has 4 rings (SSSR count). The average Bonchev–Trinajstić information content (AvgIpc) is 3.28. The number of amides is 1. The number of methoxy groups -OCH3 is 1. The van der Waals surface area contributed by atoms with Crippen LogP contribution < -0.4 is 10.5 Å². The molecular weight excluding hydrogens is 401 g/mol. The predicted octanol–water partition coefficient (Wildman–Crippen LogP) is 2.60. The third-order valence-corrected chi connectivity index (χ3v) is 5.23. The van der Waals surface area contributed by atoms with Crippen molar-refractivity contribution in [2.24, 2.45) is 12.8 Å². The van der Waals surface area contributed by atoms with Gasteiger partial charge in [-0.25, -0.2) is 9.67 Å². The van der Waals surface area contributed by atoms with Gasteiger partial charge in [-0.05, 0) is 25.3 Å². The zero-order chi connectivity index (χ0) is 21.6. The number of hydrogen-bond acceptors (Lipinski definition) is 5. The number of halogens is 3. The molecule has 0 saturated heterocycles. The smallest absolute Gasteiger partial charge is 0.435 e. The van der Waals surface area contributed by atoms with E-state index >= 15 is 0 Å². The number of rotatable bonds is 4. The van der Waals surface area contributed by atoms with Gasteiger partial charge in [-0.2, -0.15) is 23.4 Å². The summed E-state index contributed by atoms with van der Waals surface area (Å²) in [6.45, 7) is 0. The molecule has 3 aromatic rings. The van der Waals surface area contributed by atoms with Crippen molar-refractivity contribution in [3.63, 3.8) is 0 Å². The Kier molecular flexibility index (Phi) is 4.75. The van der Waals surface area contributed by atoms with Crippen LogP contribution in [0.3, 0.4) is 0 Å². The molecule has 2 N–H and O–H groups in total. The second-order valence-corrected chi connectivity index (χ2v) is 7.07. The van der Waals surface area contributed by atoms with Crippen LogP contribution in [0.2, 0.25) is 0 Å². The number of ether oxygens (including phenoxy) is 1. The normalized spacial score (nSPS) is 16.4. The molecule has 1 unspecified atom stereocenters. The van der Waals surface area contributed by atoms with E-state index in [4.69, 9.17) is 10.5 Å². The minimum Gasteiger partial charge on any atom is -0.481 e. The van der Waals surface area contributed by atoms with Crippen molar-refractivity contribution in [1.82, 2.24) is 24.5 Å². The summed E-state index contributed by atoms with van der Waals surface area (Å²) < 4.78 is 48.8. The van der Waals surface area contributed by atoms with Crippen LogP contribution in [0, 0.1) is 0 Å². The van der Waals surface area contributed by atoms with Crippen molar-refractivity contribution in [3.05, 3.63) is 52.7 Å². The molecule has 158 valence electrons. The fraction of sp³-hybridized carbons (Fsp3) is 0.368. The molecule has 3 aromatic heterocycles. The fourth-order valence-electron chi connectivity index (χ4n) is 3.99. The van der Waals surface area contributed by atoms with E-state index in [9.17, 15) is 18.0 Å². The first-order valence-corrected chi connectivity index (χ1v) is 9.23. The van der Waals surface area contributed by atoms with Gasteiger partial charge in [0.25, 0.3) is 5.91 Å². The third-order valence-electron chi connectivity index (χ3n) is 5.23. The summed E-state index contributed by atoms with van der Waals surface area (Å²) >= 11 is 0. The van der Waals surface area contributed by atoms with Crippen molar-refractivity contribution in [2.45, 2.75) is 31.4 Å². The van der Waals surface area contributed by atoms with E-state index in [1.807, 2.05) is 0 Å². The van der Waals surface area contributed by atoms with Gasteiger partial charge in [0, 0.05) is 42.6 Å². The van der Waals surface area contributed by atoms with Gasteiger partial charge in [-0.3, -0.25) is 9.48 Å². The lowest BCUT2D eigenvalue weighted by molar-refractivity contribution is -0.142. The average molecular weight is 420 g/mol. The maximum absolute atomic E-state index is 13.7. The van der Waals surface area contributed by atoms with Gasteiger partial charge in [-0.1, -0.05) is 0 Å². The molecule has 8 nitrogen and oxygen atoms in total. The van der Waals surface area contributed by atoms with Crippen molar-refractivity contribution in [3.8, 4) is 11.6 Å². The van der Waals surface area contributed by atoms with Crippen molar-refractivity contribution in [1.29, 1.82) is 0 Å². The molecule has 0 aromatic carbocycles. The first-order chi connectivity index (χ1) is 14.2. The van der Waals surface area contributed by atoms with Gasteiger partial charge < -0.3 is 10.5 Å². The maximum Gasteiger partial charge on any atom is 0.435 e. The molecule has 1 aliphatic rings. The topological polar surface area (TPSA) is 101 Å². The Hall–Kier alpha value is -3.37. The van der Waals surface area contributed by atoms with E-state index < -0.39 is 23.7 Å². The highest BCUT2D eigenvalue weighted by molar-refractivity contribution is 5.93. The van der Waals surface area contributed by atoms with Gasteiger partial charge in [0.05, 0.1) is 18.5 Å². The largest absolute Gasteiger partial charge is 0.481 e. The third kappa shape index (κ3) is 3.29. The molecule has 1 aliphatic carbocycles. The van der Waals surface area contributed by atoms with E-state index in [0.717, 1.165) is 4.68 Å². The lowest BCUT2D eigenvalue weighted by Crippen LogP contribution is -2.21. The Morgan fingerprint density at radius 2 is 2.10 bits per heavy atom. The zero-order valence-corrected chi connectivity index (χ0v) is 16.3. The molecule has 30 heavy (non-hydrogen) atoms. The van der Waals surface area contributed by atoms with Crippen LogP contribution in [0.25, 0.3) is 5.69 Å². The molecule has 1 atom stereocenters. The van der Waals surface area contributed by atoms with Gasteiger partial charge >= 0.3 is 6.18 Å². The standard InChI is InChI=1S/C19H19F3N6O2/c1-27-16(18(23)29)15(17(26-27)19(20,21)22)11-4-3-5-13-12(11)9-28(25-13)10-6-7-24-14(8-10)30-2/h6-9,11H,3-5H2,1-2H3,(H2,23,29). The first-order valence-electron chi connectivity index (χ1n) is 9.23. The molecule has 1 amide bonds. The quantitative estimate of drug-likeness (QED) is 0.699. The van der Waals surface area contributed by atoms with Crippen LogP contribution in [0.1, 0.15) is 51.8 Å². The molecule has 3 heterocycles. The maximum atomic E-state index is 13.7. The van der Waals surface area contributed by atoms with Gasteiger partial charge in [-0.15, -0.1) is 0 Å². The minimum absolute atomic E-state index is 0.190. The van der Waals surface area contributed by atoms with Crippen LogP contribution in [-0.2, 0) is 19.6 Å². The molecular formula is C19H19F3N6O2. The second kappa shape index (κ2) is 7.15. The van der Waals surface area contributed by atoms with E-state index in [0.29, 0.717) is 42.1 Å². The number of pyridine rings is 1. The number of hydrogen-bond donors (Lipinski definition) is 1. The number of alkyl halides is 3. The van der Waals surface area contributed by atoms with Gasteiger partial charge in [0.1, 0.15) is 5.69 Å². The Labute approximate surface area is 169 Å². The summed E-state index contributed by atoms with van der Waals surface area (Å²) in [6.07, 6.45) is 0.194. The van der Waals surface area contributed by atoms with Crippen molar-refractivity contribution in [2.75, 3.05) is 7.11 Å². The number of nitrogens with two attached hydrogens (primary N) is 1. The van der Waals surface area contributed by atoms with Crippen LogP contribution in [0.4, 0.5) is 13.2 Å². The summed E-state index contributed by atoms with van der Waals surface area (Å²) in [7, 11) is 2.78. The highest BCUT2D eigenvalue weighted by atomic mass is 19.4. The van der Waals surface area contributed by atoms with Crippen molar-refractivity contribution < 1.29 is 22.7 Å². The van der Waals surface area contributed by atoms with E-state index in [-0.39, 0.29) is 11.3 Å². The highest BCUT2D eigenvalue weighted by Crippen LogP contribution is 2.43. The number of carbonyl (C=O) groups excluding carboxylic acids is 1. The van der Waals surface area contributed by atoms with Crippen molar-refractivity contribution >= 4 is 5.91 Å². The van der Waals surface area contributed by atoms with Gasteiger partial charge in [0.15, 0.2) is 5.69 Å².